The van der Waals surface area contributed by atoms with Gasteiger partial charge in [0, 0.05) is 24.1 Å². The molecule has 0 heterocycles. The van der Waals surface area contributed by atoms with E-state index in [-0.39, 0.29) is 40.1 Å². The summed E-state index contributed by atoms with van der Waals surface area (Å²) in [5.74, 6) is -0.117. The van der Waals surface area contributed by atoms with Gasteiger partial charge in [-0.3, -0.25) is 4.79 Å². The van der Waals surface area contributed by atoms with Gasteiger partial charge in [-0.05, 0) is 39.7 Å². The summed E-state index contributed by atoms with van der Waals surface area (Å²) < 4.78 is 5.64. The van der Waals surface area contributed by atoms with Gasteiger partial charge in [0.05, 0.1) is 6.61 Å². The molecule has 0 saturated carbocycles. The second-order valence-corrected chi connectivity index (χ2v) is 7.24. The van der Waals surface area contributed by atoms with Crippen LogP contribution in [0.2, 0.25) is 0 Å². The first-order chi connectivity index (χ1) is 10.6. The number of benzene rings is 1. The van der Waals surface area contributed by atoms with Crippen molar-refractivity contribution in [1.29, 1.82) is 0 Å². The lowest BCUT2D eigenvalue weighted by molar-refractivity contribution is 0.0961. The summed E-state index contributed by atoms with van der Waals surface area (Å²) in [7, 11) is 0. The van der Waals surface area contributed by atoms with Crippen molar-refractivity contribution >= 4 is 5.78 Å². The van der Waals surface area contributed by atoms with Crippen LogP contribution in [0, 0.1) is 5.92 Å². The number of carbonyl (C=O) groups excluding carboxylic acids is 1. The highest BCUT2D eigenvalue weighted by Gasteiger charge is 2.20. The van der Waals surface area contributed by atoms with Gasteiger partial charge < -0.3 is 20.3 Å². The second kappa shape index (κ2) is 8.20. The topological polar surface area (TPSA) is 78.8 Å². The Morgan fingerprint density at radius 1 is 1.26 bits per heavy atom. The molecule has 0 fully saturated rings. The molecule has 0 amide bonds. The lowest BCUT2D eigenvalue weighted by Gasteiger charge is -2.20. The van der Waals surface area contributed by atoms with Gasteiger partial charge in [0.15, 0.2) is 5.78 Å². The SMILES string of the molecule is CC(C)CC(=O)c1c(O)cc(O)cc1OCCCNC(C)(C)C. The highest BCUT2D eigenvalue weighted by molar-refractivity contribution is 6.01. The van der Waals surface area contributed by atoms with Crippen LogP contribution in [0.1, 0.15) is 57.8 Å². The van der Waals surface area contributed by atoms with Gasteiger partial charge >= 0.3 is 0 Å². The Bertz CT molecular complexity index is 533. The fourth-order valence-corrected chi connectivity index (χ4v) is 2.17. The first kappa shape index (κ1) is 19.3. The Morgan fingerprint density at radius 3 is 2.48 bits per heavy atom. The van der Waals surface area contributed by atoms with Crippen LogP contribution in [0.3, 0.4) is 0 Å². The number of phenolic OH excluding ortho intramolecular Hbond substituents is 2. The second-order valence-electron chi connectivity index (χ2n) is 7.24. The maximum absolute atomic E-state index is 12.3. The maximum Gasteiger partial charge on any atom is 0.170 e. The van der Waals surface area contributed by atoms with E-state index in [9.17, 15) is 15.0 Å². The number of ether oxygens (including phenoxy) is 1. The van der Waals surface area contributed by atoms with E-state index in [0.717, 1.165) is 13.0 Å². The molecule has 0 unspecified atom stereocenters. The van der Waals surface area contributed by atoms with E-state index in [2.05, 4.69) is 26.1 Å². The fourth-order valence-electron chi connectivity index (χ4n) is 2.17. The lowest BCUT2D eigenvalue weighted by atomic mass is 9.99. The first-order valence-corrected chi connectivity index (χ1v) is 8.07. The van der Waals surface area contributed by atoms with Crippen molar-refractivity contribution in [2.45, 2.75) is 53.0 Å². The highest BCUT2D eigenvalue weighted by atomic mass is 16.5. The molecule has 5 nitrogen and oxygen atoms in total. The number of ketones is 1. The molecule has 0 aromatic heterocycles. The van der Waals surface area contributed by atoms with Crippen LogP contribution < -0.4 is 10.1 Å². The molecule has 23 heavy (non-hydrogen) atoms. The number of phenols is 2. The molecule has 3 N–H and O–H groups in total. The number of carbonyl (C=O) groups is 1. The molecule has 130 valence electrons. The van der Waals surface area contributed by atoms with Gasteiger partial charge in [0.25, 0.3) is 0 Å². The van der Waals surface area contributed by atoms with Crippen molar-refractivity contribution in [2.24, 2.45) is 5.92 Å². The third-order valence-corrected chi connectivity index (χ3v) is 3.17. The predicted octanol–water partition coefficient (Wildman–Crippen LogP) is 3.48. The molecule has 0 aliphatic rings. The van der Waals surface area contributed by atoms with Gasteiger partial charge in [-0.1, -0.05) is 13.8 Å². The third-order valence-electron chi connectivity index (χ3n) is 3.17. The molecular weight excluding hydrogens is 294 g/mol. The van der Waals surface area contributed by atoms with E-state index < -0.39 is 0 Å². The summed E-state index contributed by atoms with van der Waals surface area (Å²) in [6, 6.07) is 2.55. The van der Waals surface area contributed by atoms with Gasteiger partial charge in [0.2, 0.25) is 0 Å². The van der Waals surface area contributed by atoms with E-state index in [1.54, 1.807) is 0 Å². The van der Waals surface area contributed by atoms with Gasteiger partial charge in [0.1, 0.15) is 22.8 Å². The van der Waals surface area contributed by atoms with Crippen molar-refractivity contribution in [3.05, 3.63) is 17.7 Å². The van der Waals surface area contributed by atoms with Crippen molar-refractivity contribution in [3.8, 4) is 17.2 Å². The minimum Gasteiger partial charge on any atom is -0.508 e. The average molecular weight is 323 g/mol. The molecule has 1 aromatic rings. The number of Topliss-reactive ketones (excluding diaryl/α,β-unsaturated/α-hetero) is 1. The van der Waals surface area contributed by atoms with Crippen molar-refractivity contribution in [3.63, 3.8) is 0 Å². The van der Waals surface area contributed by atoms with Crippen LogP contribution >= 0.6 is 0 Å². The Labute approximate surface area is 138 Å². The molecule has 0 aliphatic heterocycles. The lowest BCUT2D eigenvalue weighted by Crippen LogP contribution is -2.36. The predicted molar refractivity (Wildman–Crippen MR) is 91.4 cm³/mol. The summed E-state index contributed by atoms with van der Waals surface area (Å²) in [5.41, 5.74) is 0.196. The monoisotopic (exact) mass is 323 g/mol. The molecule has 0 aliphatic carbocycles. The molecular formula is C18H29NO4. The molecule has 0 spiro atoms. The largest absolute Gasteiger partial charge is 0.508 e. The van der Waals surface area contributed by atoms with Crippen LogP contribution in [-0.2, 0) is 0 Å². The molecule has 0 atom stereocenters. The number of hydrogen-bond acceptors (Lipinski definition) is 5. The smallest absolute Gasteiger partial charge is 0.170 e. The molecule has 5 heteroatoms. The summed E-state index contributed by atoms with van der Waals surface area (Å²) in [4.78, 5) is 12.3. The summed E-state index contributed by atoms with van der Waals surface area (Å²) in [6.45, 7) is 11.3. The van der Waals surface area contributed by atoms with Crippen molar-refractivity contribution < 1.29 is 19.7 Å². The highest BCUT2D eigenvalue weighted by Crippen LogP contribution is 2.34. The van der Waals surface area contributed by atoms with E-state index in [0.29, 0.717) is 13.0 Å². The zero-order chi connectivity index (χ0) is 17.6. The van der Waals surface area contributed by atoms with Gasteiger partial charge in [-0.2, -0.15) is 0 Å². The van der Waals surface area contributed by atoms with Crippen LogP contribution in [0.25, 0.3) is 0 Å². The van der Waals surface area contributed by atoms with Gasteiger partial charge in [-0.15, -0.1) is 0 Å². The van der Waals surface area contributed by atoms with E-state index in [4.69, 9.17) is 4.74 Å². The van der Waals surface area contributed by atoms with E-state index >= 15 is 0 Å². The Kier molecular flexibility index (Phi) is 6.88. The zero-order valence-electron chi connectivity index (χ0n) is 14.8. The average Bonchev–Trinajstić information content (AvgIpc) is 2.34. The summed E-state index contributed by atoms with van der Waals surface area (Å²) >= 11 is 0. The van der Waals surface area contributed by atoms with Gasteiger partial charge in [-0.25, -0.2) is 0 Å². The van der Waals surface area contributed by atoms with Crippen molar-refractivity contribution in [1.82, 2.24) is 5.32 Å². The van der Waals surface area contributed by atoms with E-state index in [1.165, 1.54) is 12.1 Å². The summed E-state index contributed by atoms with van der Waals surface area (Å²) in [6.07, 6.45) is 1.08. The number of rotatable bonds is 8. The standard InChI is InChI=1S/C18H29NO4/c1-12(2)9-14(21)17-15(22)10-13(20)11-16(17)23-8-6-7-19-18(3,4)5/h10-12,19-20,22H,6-9H2,1-5H3. The van der Waals surface area contributed by atoms with Crippen LogP contribution in [-0.4, -0.2) is 34.7 Å². The number of aromatic hydroxyl groups is 2. The summed E-state index contributed by atoms with van der Waals surface area (Å²) in [5, 5.41) is 23.0. The number of nitrogens with one attached hydrogen (secondary N) is 1. The minimum atomic E-state index is -0.238. The normalized spacial score (nSPS) is 11.7. The minimum absolute atomic E-state index is 0.0433. The number of hydrogen-bond donors (Lipinski definition) is 3. The fraction of sp³-hybridized carbons (Fsp3) is 0.611. The molecule has 0 bridgehead atoms. The Morgan fingerprint density at radius 2 is 1.91 bits per heavy atom. The third kappa shape index (κ3) is 6.91. The Hall–Kier alpha value is -1.75. The van der Waals surface area contributed by atoms with Crippen molar-refractivity contribution in [2.75, 3.05) is 13.2 Å². The van der Waals surface area contributed by atoms with Crippen LogP contribution in [0.4, 0.5) is 0 Å². The quantitative estimate of drug-likeness (QED) is 0.504. The molecule has 0 saturated heterocycles. The van der Waals surface area contributed by atoms with Crippen LogP contribution in [0.5, 0.6) is 17.2 Å². The molecule has 1 aromatic carbocycles. The molecule has 0 radical (unpaired) electrons. The van der Waals surface area contributed by atoms with E-state index in [1.807, 2.05) is 13.8 Å². The Balaban J connectivity index is 2.75. The maximum atomic E-state index is 12.3. The first-order valence-electron chi connectivity index (χ1n) is 8.07. The zero-order valence-corrected chi connectivity index (χ0v) is 14.8. The molecule has 1 rings (SSSR count). The van der Waals surface area contributed by atoms with Crippen LogP contribution in [0.15, 0.2) is 12.1 Å².